The van der Waals surface area contributed by atoms with Crippen molar-refractivity contribution in [2.45, 2.75) is 12.0 Å². The highest BCUT2D eigenvalue weighted by Gasteiger charge is 2.29. The quantitative estimate of drug-likeness (QED) is 0.193. The number of ether oxygens (including phenoxy) is 1. The fraction of sp³-hybridized carbons (Fsp3) is 0.0952. The molecule has 34 heavy (non-hydrogen) atoms. The number of halogens is 3. The van der Waals surface area contributed by atoms with Crippen molar-refractivity contribution >= 4 is 61.1 Å². The van der Waals surface area contributed by atoms with Crippen molar-refractivity contribution < 1.29 is 35.9 Å². The van der Waals surface area contributed by atoms with Crippen LogP contribution in [0.5, 0.6) is 0 Å². The lowest BCUT2D eigenvalue weighted by molar-refractivity contribution is 0.0598. The number of nitrogens with one attached hydrogen (secondary N) is 2. The molecule has 0 spiro atoms. The van der Waals surface area contributed by atoms with Gasteiger partial charge in [0, 0.05) is 33.0 Å². The number of methoxy groups -OCH3 is 1. The molecule has 0 saturated heterocycles. The summed E-state index contributed by atoms with van der Waals surface area (Å²) in [5.74, 6) is -4.47. The molecule has 0 aliphatic carbocycles. The van der Waals surface area contributed by atoms with E-state index in [1.165, 1.54) is 13.1 Å². The standard InChI is InChI=1S/C21H14F2IN3O6S/c1-9-11(21(29)32-2)6-16(33-9)34(30,31)27-15-4-3-14(22)17(18(15)23)19(28)13-8-26-20-12(13)5-10(24)7-25-20/h3-8,27H,1-2H3,(H,25,26). The fourth-order valence-electron chi connectivity index (χ4n) is 3.23. The third kappa shape index (κ3) is 4.16. The average molecular weight is 601 g/mol. The van der Waals surface area contributed by atoms with E-state index in [0.717, 1.165) is 25.3 Å². The van der Waals surface area contributed by atoms with Crippen LogP contribution in [0, 0.1) is 22.1 Å². The van der Waals surface area contributed by atoms with E-state index in [1.54, 1.807) is 12.3 Å². The first-order valence-corrected chi connectivity index (χ1v) is 12.0. The Kier molecular flexibility index (Phi) is 6.16. The van der Waals surface area contributed by atoms with Crippen LogP contribution >= 0.6 is 22.6 Å². The summed E-state index contributed by atoms with van der Waals surface area (Å²) in [6.07, 6.45) is 2.82. The summed E-state index contributed by atoms with van der Waals surface area (Å²) in [6.45, 7) is 1.34. The number of sulfonamides is 1. The maximum Gasteiger partial charge on any atom is 0.341 e. The Labute approximate surface area is 204 Å². The number of nitrogens with zero attached hydrogens (tertiary/aromatic N) is 1. The summed E-state index contributed by atoms with van der Waals surface area (Å²) in [4.78, 5) is 31.6. The van der Waals surface area contributed by atoms with E-state index < -0.39 is 49.8 Å². The minimum atomic E-state index is -4.54. The first-order chi connectivity index (χ1) is 16.0. The summed E-state index contributed by atoms with van der Waals surface area (Å²) >= 11 is 1.98. The molecule has 9 nitrogen and oxygen atoms in total. The van der Waals surface area contributed by atoms with E-state index in [-0.39, 0.29) is 16.9 Å². The number of carbonyl (C=O) groups excluding carboxylic acids is 2. The minimum absolute atomic E-state index is 0.0368. The number of pyridine rings is 1. The zero-order valence-corrected chi connectivity index (χ0v) is 20.4. The summed E-state index contributed by atoms with van der Waals surface area (Å²) in [7, 11) is -3.43. The average Bonchev–Trinajstić information content (AvgIpc) is 3.39. The number of rotatable bonds is 6. The highest BCUT2D eigenvalue weighted by atomic mass is 127. The maximum absolute atomic E-state index is 15.2. The number of fused-ring (bicyclic) bond motifs is 1. The van der Waals surface area contributed by atoms with Gasteiger partial charge in [-0.1, -0.05) is 0 Å². The number of anilines is 1. The predicted molar refractivity (Wildman–Crippen MR) is 124 cm³/mol. The van der Waals surface area contributed by atoms with E-state index in [4.69, 9.17) is 4.42 Å². The molecule has 3 aromatic heterocycles. The lowest BCUT2D eigenvalue weighted by Crippen LogP contribution is -2.16. The lowest BCUT2D eigenvalue weighted by Gasteiger charge is -2.10. The first kappa shape index (κ1) is 23.8. The van der Waals surface area contributed by atoms with Gasteiger partial charge in [0.05, 0.1) is 18.4 Å². The van der Waals surface area contributed by atoms with Crippen molar-refractivity contribution in [2.24, 2.45) is 0 Å². The van der Waals surface area contributed by atoms with Crippen LogP contribution in [0.2, 0.25) is 0 Å². The number of benzene rings is 1. The zero-order chi connectivity index (χ0) is 24.8. The van der Waals surface area contributed by atoms with Crippen LogP contribution in [0.1, 0.15) is 32.0 Å². The van der Waals surface area contributed by atoms with Crippen molar-refractivity contribution in [1.82, 2.24) is 9.97 Å². The highest BCUT2D eigenvalue weighted by molar-refractivity contribution is 14.1. The molecule has 0 amide bonds. The number of aryl methyl sites for hydroxylation is 1. The smallest absolute Gasteiger partial charge is 0.341 e. The van der Waals surface area contributed by atoms with Gasteiger partial charge in [-0.05, 0) is 47.7 Å². The maximum atomic E-state index is 15.2. The molecule has 2 N–H and O–H groups in total. The SMILES string of the molecule is COC(=O)c1cc(S(=O)(=O)Nc2ccc(F)c(C(=O)c3c[nH]c4ncc(I)cc34)c2F)oc1C. The zero-order valence-electron chi connectivity index (χ0n) is 17.4. The molecule has 3 heterocycles. The molecule has 0 saturated carbocycles. The Hall–Kier alpha value is -3.33. The van der Waals surface area contributed by atoms with Gasteiger partial charge < -0.3 is 14.1 Å². The molecule has 0 atom stereocenters. The van der Waals surface area contributed by atoms with Crippen molar-refractivity contribution in [3.8, 4) is 0 Å². The molecule has 1 aromatic carbocycles. The Morgan fingerprint density at radius 3 is 2.65 bits per heavy atom. The third-order valence-electron chi connectivity index (χ3n) is 4.87. The largest absolute Gasteiger partial charge is 0.465 e. The molecule has 13 heteroatoms. The summed E-state index contributed by atoms with van der Waals surface area (Å²) < 4.78 is 67.5. The summed E-state index contributed by atoms with van der Waals surface area (Å²) in [6, 6.07) is 4.12. The summed E-state index contributed by atoms with van der Waals surface area (Å²) in [5, 5.41) is -0.345. The lowest BCUT2D eigenvalue weighted by atomic mass is 10.0. The number of aromatic amines is 1. The topological polar surface area (TPSA) is 131 Å². The number of hydrogen-bond donors (Lipinski definition) is 2. The van der Waals surface area contributed by atoms with Crippen LogP contribution in [-0.2, 0) is 14.8 Å². The second kappa shape index (κ2) is 8.79. The first-order valence-electron chi connectivity index (χ1n) is 9.40. The molecule has 176 valence electrons. The van der Waals surface area contributed by atoms with Crippen LogP contribution in [0.25, 0.3) is 11.0 Å². The molecule has 0 fully saturated rings. The van der Waals surface area contributed by atoms with E-state index in [0.29, 0.717) is 14.6 Å². The van der Waals surface area contributed by atoms with Gasteiger partial charge in [-0.3, -0.25) is 9.52 Å². The molecule has 0 radical (unpaired) electrons. The van der Waals surface area contributed by atoms with E-state index in [1.807, 2.05) is 27.3 Å². The number of hydrogen-bond acceptors (Lipinski definition) is 7. The molecule has 4 aromatic rings. The normalized spacial score (nSPS) is 11.6. The molecule has 0 bridgehead atoms. The number of aromatic nitrogens is 2. The van der Waals surface area contributed by atoms with Crippen LogP contribution in [0.15, 0.2) is 46.2 Å². The van der Waals surface area contributed by atoms with Crippen LogP contribution in [0.3, 0.4) is 0 Å². The molecule has 0 unspecified atom stereocenters. The molecule has 4 rings (SSSR count). The van der Waals surface area contributed by atoms with Gasteiger partial charge in [0.25, 0.3) is 10.0 Å². The Balaban J connectivity index is 1.74. The molecular formula is C21H14F2IN3O6S. The Morgan fingerprint density at radius 1 is 1.21 bits per heavy atom. The van der Waals surface area contributed by atoms with Crippen molar-refractivity contribution in [3.63, 3.8) is 0 Å². The fourth-order valence-corrected chi connectivity index (χ4v) is 4.74. The number of H-pyrrole nitrogens is 1. The van der Waals surface area contributed by atoms with Crippen molar-refractivity contribution in [2.75, 3.05) is 11.8 Å². The summed E-state index contributed by atoms with van der Waals surface area (Å²) in [5.41, 5.74) is -1.48. The third-order valence-corrected chi connectivity index (χ3v) is 6.68. The van der Waals surface area contributed by atoms with Crippen LogP contribution in [-0.4, -0.2) is 37.2 Å². The van der Waals surface area contributed by atoms with Gasteiger partial charge in [0.2, 0.25) is 10.9 Å². The van der Waals surface area contributed by atoms with Gasteiger partial charge in [-0.25, -0.2) is 18.6 Å². The number of esters is 1. The molecule has 0 aliphatic rings. The number of furan rings is 1. The van der Waals surface area contributed by atoms with Gasteiger partial charge in [0.1, 0.15) is 22.8 Å². The highest BCUT2D eigenvalue weighted by Crippen LogP contribution is 2.29. The second-order valence-electron chi connectivity index (χ2n) is 7.00. The molecule has 0 aliphatic heterocycles. The van der Waals surface area contributed by atoms with E-state index in [2.05, 4.69) is 14.7 Å². The second-order valence-corrected chi connectivity index (χ2v) is 9.86. The van der Waals surface area contributed by atoms with Gasteiger partial charge in [-0.2, -0.15) is 8.42 Å². The van der Waals surface area contributed by atoms with Crippen molar-refractivity contribution in [1.29, 1.82) is 0 Å². The number of carbonyl (C=O) groups is 2. The minimum Gasteiger partial charge on any atom is -0.465 e. The van der Waals surface area contributed by atoms with Crippen LogP contribution < -0.4 is 4.72 Å². The van der Waals surface area contributed by atoms with Crippen molar-refractivity contribution in [3.05, 3.63) is 74.3 Å². The number of ketones is 1. The predicted octanol–water partition coefficient (Wildman–Crippen LogP) is 4.17. The van der Waals surface area contributed by atoms with Gasteiger partial charge >= 0.3 is 5.97 Å². The van der Waals surface area contributed by atoms with Gasteiger partial charge in [0.15, 0.2) is 5.82 Å². The van der Waals surface area contributed by atoms with E-state index >= 15 is 4.39 Å². The van der Waals surface area contributed by atoms with E-state index in [9.17, 15) is 22.4 Å². The van der Waals surface area contributed by atoms with Crippen LogP contribution in [0.4, 0.5) is 14.5 Å². The monoisotopic (exact) mass is 601 g/mol. The van der Waals surface area contributed by atoms with Gasteiger partial charge in [-0.15, -0.1) is 0 Å². The Morgan fingerprint density at radius 2 is 1.94 bits per heavy atom. The Bertz CT molecular complexity index is 1580. The molecular weight excluding hydrogens is 587 g/mol.